The van der Waals surface area contributed by atoms with Gasteiger partial charge < -0.3 is 15.6 Å². The molecule has 0 saturated heterocycles. The van der Waals surface area contributed by atoms with E-state index >= 15 is 0 Å². The van der Waals surface area contributed by atoms with Crippen LogP contribution in [-0.4, -0.2) is 22.6 Å². The Balaban J connectivity index is 3.09. The molecule has 1 aromatic carbocycles. The number of carbonyl (C=O) groups excluding carboxylic acids is 1. The summed E-state index contributed by atoms with van der Waals surface area (Å²) in [6.07, 6.45) is 0. The average molecular weight is 265 g/mol. The molecule has 1 unspecified atom stereocenters. The van der Waals surface area contributed by atoms with Crippen LogP contribution in [0.1, 0.15) is 43.6 Å². The summed E-state index contributed by atoms with van der Waals surface area (Å²) in [5.74, 6) is -1.66. The van der Waals surface area contributed by atoms with Crippen molar-refractivity contribution >= 4 is 11.9 Å². The van der Waals surface area contributed by atoms with Gasteiger partial charge in [0.1, 0.15) is 11.1 Å². The molecule has 5 heteroatoms. The SMILES string of the molecule is CC(C)(C)OC(=O)C(C)(N)c1cccc(C(=O)O)c1. The third kappa shape index (κ3) is 3.79. The fourth-order valence-corrected chi connectivity index (χ4v) is 1.48. The molecule has 19 heavy (non-hydrogen) atoms. The van der Waals surface area contributed by atoms with Gasteiger partial charge in [-0.2, -0.15) is 0 Å². The second kappa shape index (κ2) is 5.01. The van der Waals surface area contributed by atoms with Gasteiger partial charge in [0.25, 0.3) is 0 Å². The van der Waals surface area contributed by atoms with Gasteiger partial charge in [0.05, 0.1) is 5.56 Å². The molecule has 0 heterocycles. The molecular formula is C14H19NO4. The highest BCUT2D eigenvalue weighted by molar-refractivity contribution is 5.89. The first-order valence-electron chi connectivity index (χ1n) is 5.90. The molecule has 1 atom stereocenters. The highest BCUT2D eigenvalue weighted by Gasteiger charge is 2.35. The zero-order chi connectivity index (χ0) is 14.8. The molecule has 0 aromatic heterocycles. The number of carbonyl (C=O) groups is 2. The predicted octanol–water partition coefficient (Wildman–Crippen LogP) is 1.90. The Morgan fingerprint density at radius 3 is 2.26 bits per heavy atom. The first-order valence-corrected chi connectivity index (χ1v) is 5.90. The van der Waals surface area contributed by atoms with E-state index < -0.39 is 23.1 Å². The number of rotatable bonds is 3. The lowest BCUT2D eigenvalue weighted by atomic mass is 9.91. The van der Waals surface area contributed by atoms with E-state index in [1.807, 2.05) is 0 Å². The van der Waals surface area contributed by atoms with Gasteiger partial charge in [-0.3, -0.25) is 0 Å². The summed E-state index contributed by atoms with van der Waals surface area (Å²) in [6, 6.07) is 5.98. The molecule has 1 rings (SSSR count). The predicted molar refractivity (Wildman–Crippen MR) is 70.8 cm³/mol. The lowest BCUT2D eigenvalue weighted by Crippen LogP contribution is -2.46. The normalized spacial score (nSPS) is 14.6. The second-order valence-electron chi connectivity index (χ2n) is 5.59. The zero-order valence-electron chi connectivity index (χ0n) is 11.6. The van der Waals surface area contributed by atoms with Crippen LogP contribution >= 0.6 is 0 Å². The van der Waals surface area contributed by atoms with Crippen LogP contribution in [0.25, 0.3) is 0 Å². The van der Waals surface area contributed by atoms with E-state index in [1.54, 1.807) is 32.9 Å². The molecule has 0 aliphatic carbocycles. The summed E-state index contributed by atoms with van der Waals surface area (Å²) in [6.45, 7) is 6.74. The van der Waals surface area contributed by atoms with Crippen LogP contribution < -0.4 is 5.73 Å². The Labute approximate surface area is 112 Å². The quantitative estimate of drug-likeness (QED) is 0.815. The van der Waals surface area contributed by atoms with Crippen molar-refractivity contribution in [2.75, 3.05) is 0 Å². The topological polar surface area (TPSA) is 89.6 Å². The van der Waals surface area contributed by atoms with Gasteiger partial charge in [-0.15, -0.1) is 0 Å². The highest BCUT2D eigenvalue weighted by atomic mass is 16.6. The number of benzene rings is 1. The summed E-state index contributed by atoms with van der Waals surface area (Å²) >= 11 is 0. The number of carboxylic acid groups (broad SMARTS) is 1. The smallest absolute Gasteiger partial charge is 0.335 e. The lowest BCUT2D eigenvalue weighted by Gasteiger charge is -2.28. The van der Waals surface area contributed by atoms with Gasteiger partial charge in [-0.25, -0.2) is 9.59 Å². The summed E-state index contributed by atoms with van der Waals surface area (Å²) in [4.78, 5) is 23.0. The summed E-state index contributed by atoms with van der Waals surface area (Å²) in [5, 5.41) is 8.94. The molecule has 3 N–H and O–H groups in total. The Bertz CT molecular complexity index is 500. The molecule has 0 radical (unpaired) electrons. The molecule has 5 nitrogen and oxygen atoms in total. The molecular weight excluding hydrogens is 246 g/mol. The minimum atomic E-state index is -1.39. The van der Waals surface area contributed by atoms with E-state index in [0.29, 0.717) is 5.56 Å². The Kier molecular flexibility index (Phi) is 4.00. The van der Waals surface area contributed by atoms with Gasteiger partial charge in [0.2, 0.25) is 0 Å². The lowest BCUT2D eigenvalue weighted by molar-refractivity contribution is -0.161. The van der Waals surface area contributed by atoms with Crippen LogP contribution in [0.4, 0.5) is 0 Å². The molecule has 104 valence electrons. The van der Waals surface area contributed by atoms with E-state index in [0.717, 1.165) is 0 Å². The van der Waals surface area contributed by atoms with E-state index in [1.165, 1.54) is 19.1 Å². The maximum atomic E-state index is 12.1. The Morgan fingerprint density at radius 2 is 1.79 bits per heavy atom. The van der Waals surface area contributed by atoms with Crippen LogP contribution in [0, 0.1) is 0 Å². The highest BCUT2D eigenvalue weighted by Crippen LogP contribution is 2.23. The second-order valence-corrected chi connectivity index (χ2v) is 5.59. The number of esters is 1. The maximum absolute atomic E-state index is 12.1. The van der Waals surface area contributed by atoms with Crippen molar-refractivity contribution in [3.63, 3.8) is 0 Å². The van der Waals surface area contributed by atoms with Crippen LogP contribution in [0.15, 0.2) is 24.3 Å². The van der Waals surface area contributed by atoms with Crippen molar-refractivity contribution in [1.82, 2.24) is 0 Å². The van der Waals surface area contributed by atoms with E-state index in [2.05, 4.69) is 0 Å². The molecule has 0 fully saturated rings. The van der Waals surface area contributed by atoms with Crippen LogP contribution in [-0.2, 0) is 15.1 Å². The molecule has 0 bridgehead atoms. The largest absolute Gasteiger partial charge is 0.478 e. The molecule has 0 aliphatic rings. The number of ether oxygens (including phenoxy) is 1. The van der Waals surface area contributed by atoms with E-state index in [-0.39, 0.29) is 5.56 Å². The first-order chi connectivity index (χ1) is 8.54. The Morgan fingerprint density at radius 1 is 1.21 bits per heavy atom. The molecule has 0 spiro atoms. The van der Waals surface area contributed by atoms with Crippen molar-refractivity contribution in [2.45, 2.75) is 38.8 Å². The van der Waals surface area contributed by atoms with Crippen molar-refractivity contribution in [3.8, 4) is 0 Å². The van der Waals surface area contributed by atoms with E-state index in [4.69, 9.17) is 15.6 Å². The van der Waals surface area contributed by atoms with Gasteiger partial charge in [-0.05, 0) is 45.4 Å². The fourth-order valence-electron chi connectivity index (χ4n) is 1.48. The summed E-state index contributed by atoms with van der Waals surface area (Å²) in [5.41, 5.74) is 4.44. The summed E-state index contributed by atoms with van der Waals surface area (Å²) < 4.78 is 5.25. The number of nitrogens with two attached hydrogens (primary N) is 1. The number of hydrogen-bond acceptors (Lipinski definition) is 4. The van der Waals surface area contributed by atoms with Crippen LogP contribution in [0.5, 0.6) is 0 Å². The van der Waals surface area contributed by atoms with Crippen LogP contribution in [0.3, 0.4) is 0 Å². The van der Waals surface area contributed by atoms with Crippen molar-refractivity contribution < 1.29 is 19.4 Å². The molecule has 0 saturated carbocycles. The number of carboxylic acids is 1. The molecule has 1 aromatic rings. The van der Waals surface area contributed by atoms with Crippen LogP contribution in [0.2, 0.25) is 0 Å². The number of hydrogen-bond donors (Lipinski definition) is 2. The minimum absolute atomic E-state index is 0.0812. The van der Waals surface area contributed by atoms with Gasteiger partial charge >= 0.3 is 11.9 Å². The first kappa shape index (κ1) is 15.2. The van der Waals surface area contributed by atoms with Crippen molar-refractivity contribution in [3.05, 3.63) is 35.4 Å². The zero-order valence-corrected chi connectivity index (χ0v) is 11.6. The standard InChI is InChI=1S/C14H19NO4/c1-13(2,3)19-12(18)14(4,15)10-7-5-6-9(8-10)11(16)17/h5-8H,15H2,1-4H3,(H,16,17). The third-order valence-electron chi connectivity index (χ3n) is 2.53. The minimum Gasteiger partial charge on any atom is -0.478 e. The fraction of sp³-hybridized carbons (Fsp3) is 0.429. The third-order valence-corrected chi connectivity index (χ3v) is 2.53. The van der Waals surface area contributed by atoms with Gasteiger partial charge in [-0.1, -0.05) is 12.1 Å². The number of aromatic carboxylic acids is 1. The summed E-state index contributed by atoms with van der Waals surface area (Å²) in [7, 11) is 0. The van der Waals surface area contributed by atoms with Gasteiger partial charge in [0, 0.05) is 0 Å². The monoisotopic (exact) mass is 265 g/mol. The van der Waals surface area contributed by atoms with Crippen molar-refractivity contribution in [2.24, 2.45) is 5.73 Å². The van der Waals surface area contributed by atoms with Crippen molar-refractivity contribution in [1.29, 1.82) is 0 Å². The molecule has 0 aliphatic heterocycles. The molecule has 0 amide bonds. The van der Waals surface area contributed by atoms with E-state index in [9.17, 15) is 9.59 Å². The average Bonchev–Trinajstić information content (AvgIpc) is 2.26. The van der Waals surface area contributed by atoms with Gasteiger partial charge in [0.15, 0.2) is 0 Å². The Hall–Kier alpha value is -1.88. The maximum Gasteiger partial charge on any atom is 0.335 e.